The van der Waals surface area contributed by atoms with Gasteiger partial charge in [-0.25, -0.2) is 0 Å². The topological polar surface area (TPSA) is 12.9 Å². The first-order valence-electron chi connectivity index (χ1n) is 6.97. The Morgan fingerprint density at radius 3 is 2.84 bits per heavy atom. The van der Waals surface area contributed by atoms with Gasteiger partial charge in [0, 0.05) is 17.8 Å². The van der Waals surface area contributed by atoms with Gasteiger partial charge in [0.1, 0.15) is 0 Å². The summed E-state index contributed by atoms with van der Waals surface area (Å²) in [6, 6.07) is 14.6. The molecular formula is C17H18ClN. The van der Waals surface area contributed by atoms with Crippen molar-refractivity contribution in [3.8, 4) is 0 Å². The highest BCUT2D eigenvalue weighted by Gasteiger charge is 2.24. The zero-order valence-corrected chi connectivity index (χ0v) is 11.7. The monoisotopic (exact) mass is 271 g/mol. The van der Waals surface area contributed by atoms with E-state index < -0.39 is 0 Å². The number of alkyl halides is 1. The summed E-state index contributed by atoms with van der Waals surface area (Å²) in [6.07, 6.45) is 6.46. The predicted molar refractivity (Wildman–Crippen MR) is 79.6 cm³/mol. The van der Waals surface area contributed by atoms with Crippen LogP contribution in [0.5, 0.6) is 0 Å². The number of pyridine rings is 1. The van der Waals surface area contributed by atoms with Crippen LogP contribution in [0.25, 0.3) is 0 Å². The number of aromatic nitrogens is 1. The maximum Gasteiger partial charge on any atom is 0.0585 e. The number of hydrogen-bond acceptors (Lipinski definition) is 1. The molecule has 19 heavy (non-hydrogen) atoms. The van der Waals surface area contributed by atoms with Crippen LogP contribution in [0.15, 0.2) is 48.7 Å². The molecule has 0 saturated heterocycles. The molecule has 1 nitrogen and oxygen atoms in total. The molecule has 3 rings (SSSR count). The number of halogens is 1. The molecule has 0 radical (unpaired) electrons. The second-order valence-electron chi connectivity index (χ2n) is 5.24. The lowest BCUT2D eigenvalue weighted by atomic mass is 9.97. The Bertz CT molecular complexity index is 538. The summed E-state index contributed by atoms with van der Waals surface area (Å²) in [6.45, 7) is 0. The van der Waals surface area contributed by atoms with Gasteiger partial charge in [-0.1, -0.05) is 36.4 Å². The van der Waals surface area contributed by atoms with Crippen LogP contribution in [0.3, 0.4) is 0 Å². The van der Waals surface area contributed by atoms with Gasteiger partial charge in [-0.2, -0.15) is 0 Å². The average Bonchev–Trinajstić information content (AvgIpc) is 2.89. The molecule has 0 fully saturated rings. The molecule has 0 bridgehead atoms. The Morgan fingerprint density at radius 1 is 1.16 bits per heavy atom. The fourth-order valence-corrected chi connectivity index (χ4v) is 3.22. The third kappa shape index (κ3) is 2.82. The van der Waals surface area contributed by atoms with Gasteiger partial charge in [0.25, 0.3) is 0 Å². The molecule has 2 atom stereocenters. The van der Waals surface area contributed by atoms with Crippen LogP contribution in [-0.4, -0.2) is 4.98 Å². The number of rotatable bonds is 4. The Balaban J connectivity index is 1.62. The summed E-state index contributed by atoms with van der Waals surface area (Å²) in [5.41, 5.74) is 3.96. The first-order chi connectivity index (χ1) is 9.34. The van der Waals surface area contributed by atoms with Crippen molar-refractivity contribution in [1.82, 2.24) is 4.98 Å². The molecule has 1 aromatic heterocycles. The first kappa shape index (κ1) is 12.7. The van der Waals surface area contributed by atoms with Crippen molar-refractivity contribution in [3.63, 3.8) is 0 Å². The second-order valence-corrected chi connectivity index (χ2v) is 5.77. The first-order valence-corrected chi connectivity index (χ1v) is 7.41. The standard InChI is InChI=1S/C17H18ClN/c18-16(13-5-2-1-3-6-13)11-10-15-9-8-14-7-4-12-19-17(14)15/h1-7,12,15-16H,8-11H2. The summed E-state index contributed by atoms with van der Waals surface area (Å²) in [4.78, 5) is 4.55. The fourth-order valence-electron chi connectivity index (χ4n) is 2.95. The van der Waals surface area contributed by atoms with Gasteiger partial charge in [0.05, 0.1) is 5.38 Å². The maximum atomic E-state index is 6.49. The highest BCUT2D eigenvalue weighted by molar-refractivity contribution is 6.20. The van der Waals surface area contributed by atoms with Gasteiger partial charge in [-0.3, -0.25) is 4.98 Å². The summed E-state index contributed by atoms with van der Waals surface area (Å²) in [5.74, 6) is 0.598. The molecule has 2 unspecified atom stereocenters. The van der Waals surface area contributed by atoms with Gasteiger partial charge < -0.3 is 0 Å². The van der Waals surface area contributed by atoms with Crippen LogP contribution in [0.1, 0.15) is 47.4 Å². The van der Waals surface area contributed by atoms with Crippen molar-refractivity contribution < 1.29 is 0 Å². The highest BCUT2D eigenvalue weighted by atomic mass is 35.5. The quantitative estimate of drug-likeness (QED) is 0.723. The molecular weight excluding hydrogens is 254 g/mol. The van der Waals surface area contributed by atoms with Crippen molar-refractivity contribution in [1.29, 1.82) is 0 Å². The molecule has 0 aliphatic heterocycles. The third-order valence-corrected chi connectivity index (χ3v) is 4.47. The lowest BCUT2D eigenvalue weighted by Gasteiger charge is -2.14. The Hall–Kier alpha value is -1.34. The van der Waals surface area contributed by atoms with Crippen molar-refractivity contribution >= 4 is 11.6 Å². The molecule has 0 spiro atoms. The molecule has 0 saturated carbocycles. The molecule has 0 N–H and O–H groups in total. The van der Waals surface area contributed by atoms with E-state index in [1.54, 1.807) is 0 Å². The molecule has 2 aromatic rings. The molecule has 1 heterocycles. The van der Waals surface area contributed by atoms with Gasteiger partial charge in [0.2, 0.25) is 0 Å². The zero-order chi connectivity index (χ0) is 13.1. The summed E-state index contributed by atoms with van der Waals surface area (Å²) in [7, 11) is 0. The van der Waals surface area contributed by atoms with Crippen molar-refractivity contribution in [2.24, 2.45) is 0 Å². The van der Waals surface area contributed by atoms with Crippen LogP contribution in [0, 0.1) is 0 Å². The minimum absolute atomic E-state index is 0.119. The zero-order valence-electron chi connectivity index (χ0n) is 10.9. The lowest BCUT2D eigenvalue weighted by Crippen LogP contribution is -1.99. The predicted octanol–water partition coefficient (Wildman–Crippen LogP) is 4.87. The minimum atomic E-state index is 0.119. The summed E-state index contributed by atoms with van der Waals surface area (Å²) >= 11 is 6.49. The van der Waals surface area contributed by atoms with E-state index in [1.807, 2.05) is 18.3 Å². The SMILES string of the molecule is ClC(CCC1CCc2cccnc21)c1ccccc1. The van der Waals surface area contributed by atoms with Crippen molar-refractivity contribution in [2.75, 3.05) is 0 Å². The average molecular weight is 272 g/mol. The minimum Gasteiger partial charge on any atom is -0.261 e. The molecule has 1 aliphatic rings. The Morgan fingerprint density at radius 2 is 2.00 bits per heavy atom. The van der Waals surface area contributed by atoms with E-state index in [0.717, 1.165) is 12.8 Å². The summed E-state index contributed by atoms with van der Waals surface area (Å²) < 4.78 is 0. The van der Waals surface area contributed by atoms with E-state index in [9.17, 15) is 0 Å². The van der Waals surface area contributed by atoms with Crippen LogP contribution < -0.4 is 0 Å². The van der Waals surface area contributed by atoms with Crippen LogP contribution in [0.4, 0.5) is 0 Å². The van der Waals surface area contributed by atoms with Gasteiger partial charge in [-0.15, -0.1) is 11.6 Å². The van der Waals surface area contributed by atoms with E-state index in [0.29, 0.717) is 5.92 Å². The maximum absolute atomic E-state index is 6.49. The lowest BCUT2D eigenvalue weighted by molar-refractivity contribution is 0.570. The fraction of sp³-hybridized carbons (Fsp3) is 0.353. The van der Waals surface area contributed by atoms with E-state index >= 15 is 0 Å². The van der Waals surface area contributed by atoms with E-state index in [1.165, 1.54) is 29.7 Å². The third-order valence-electron chi connectivity index (χ3n) is 4.00. The largest absolute Gasteiger partial charge is 0.261 e. The van der Waals surface area contributed by atoms with E-state index in [2.05, 4.69) is 35.3 Å². The van der Waals surface area contributed by atoms with Crippen LogP contribution in [0.2, 0.25) is 0 Å². The van der Waals surface area contributed by atoms with Crippen molar-refractivity contribution in [3.05, 3.63) is 65.5 Å². The number of hydrogen-bond donors (Lipinski definition) is 0. The summed E-state index contributed by atoms with van der Waals surface area (Å²) in [5, 5.41) is 0.119. The van der Waals surface area contributed by atoms with Gasteiger partial charge >= 0.3 is 0 Å². The molecule has 1 aliphatic carbocycles. The van der Waals surface area contributed by atoms with Crippen LogP contribution in [-0.2, 0) is 6.42 Å². The van der Waals surface area contributed by atoms with Gasteiger partial charge in [0.15, 0.2) is 0 Å². The molecule has 2 heteroatoms. The number of aryl methyl sites for hydroxylation is 1. The Kier molecular flexibility index (Phi) is 3.84. The van der Waals surface area contributed by atoms with E-state index in [4.69, 9.17) is 11.6 Å². The number of benzene rings is 1. The Labute approximate surface area is 119 Å². The number of nitrogens with zero attached hydrogens (tertiary/aromatic N) is 1. The van der Waals surface area contributed by atoms with Crippen molar-refractivity contribution in [2.45, 2.75) is 37.0 Å². The smallest absolute Gasteiger partial charge is 0.0585 e. The molecule has 98 valence electrons. The second kappa shape index (κ2) is 5.75. The number of fused-ring (bicyclic) bond motifs is 1. The highest BCUT2D eigenvalue weighted by Crippen LogP contribution is 2.37. The van der Waals surface area contributed by atoms with Gasteiger partial charge in [-0.05, 0) is 42.9 Å². The van der Waals surface area contributed by atoms with Crippen LogP contribution >= 0.6 is 11.6 Å². The molecule has 1 aromatic carbocycles. The normalized spacial score (nSPS) is 19.1. The van der Waals surface area contributed by atoms with E-state index in [-0.39, 0.29) is 5.38 Å². The molecule has 0 amide bonds.